The highest BCUT2D eigenvalue weighted by molar-refractivity contribution is 7.14. The van der Waals surface area contributed by atoms with Crippen LogP contribution in [0.4, 0.5) is 15.2 Å². The van der Waals surface area contributed by atoms with Crippen LogP contribution in [0.2, 0.25) is 0 Å². The minimum absolute atomic E-state index is 0.103. The van der Waals surface area contributed by atoms with Gasteiger partial charge in [-0.1, -0.05) is 6.92 Å². The lowest BCUT2D eigenvalue weighted by Gasteiger charge is -2.30. The molecule has 0 aliphatic rings. The van der Waals surface area contributed by atoms with Crippen molar-refractivity contribution in [3.63, 3.8) is 0 Å². The summed E-state index contributed by atoms with van der Waals surface area (Å²) in [6, 6.07) is 13.3. The summed E-state index contributed by atoms with van der Waals surface area (Å²) in [7, 11) is 3.21. The molecule has 2 aromatic carbocycles. The van der Waals surface area contributed by atoms with Crippen LogP contribution in [0.1, 0.15) is 13.3 Å². The average molecular weight is 444 g/mol. The van der Waals surface area contributed by atoms with Gasteiger partial charge in [-0.15, -0.1) is 11.3 Å². The number of thiazole rings is 1. The lowest BCUT2D eigenvalue weighted by atomic mass is 10.1. The van der Waals surface area contributed by atoms with E-state index < -0.39 is 6.04 Å². The molecule has 0 spiro atoms. The molecule has 0 fully saturated rings. The van der Waals surface area contributed by atoms with Gasteiger partial charge in [0.25, 0.3) is 0 Å². The van der Waals surface area contributed by atoms with Crippen molar-refractivity contribution in [2.75, 3.05) is 32.3 Å². The first-order valence-corrected chi connectivity index (χ1v) is 10.9. The molecule has 0 unspecified atom stereocenters. The Morgan fingerprint density at radius 3 is 2.48 bits per heavy atom. The van der Waals surface area contributed by atoms with Crippen LogP contribution in [0, 0.1) is 5.82 Å². The van der Waals surface area contributed by atoms with Crippen molar-refractivity contribution >= 4 is 28.1 Å². The maximum Gasteiger partial charge on any atom is 0.243 e. The number of carbonyl (C=O) groups excluding carboxylic acids is 1. The van der Waals surface area contributed by atoms with Crippen molar-refractivity contribution in [1.82, 2.24) is 10.3 Å². The van der Waals surface area contributed by atoms with Crippen LogP contribution in [0.5, 0.6) is 5.75 Å². The third kappa shape index (κ3) is 5.59. The quantitative estimate of drug-likeness (QED) is 0.463. The average Bonchev–Trinajstić information content (AvgIpc) is 3.27. The van der Waals surface area contributed by atoms with Gasteiger partial charge < -0.3 is 19.7 Å². The molecule has 0 aliphatic carbocycles. The second kappa shape index (κ2) is 10.9. The van der Waals surface area contributed by atoms with Crippen molar-refractivity contribution in [2.45, 2.75) is 19.4 Å². The molecule has 164 valence electrons. The highest BCUT2D eigenvalue weighted by atomic mass is 32.1. The Morgan fingerprint density at radius 2 is 1.87 bits per heavy atom. The maximum absolute atomic E-state index is 13.3. The Kier molecular flexibility index (Phi) is 7.97. The van der Waals surface area contributed by atoms with Gasteiger partial charge in [-0.25, -0.2) is 9.37 Å². The van der Waals surface area contributed by atoms with Gasteiger partial charge in [-0.2, -0.15) is 0 Å². The van der Waals surface area contributed by atoms with Gasteiger partial charge in [0, 0.05) is 30.3 Å². The molecule has 1 amide bonds. The number of nitrogens with one attached hydrogen (secondary N) is 1. The molecule has 1 N–H and O–H groups in total. The number of hydrogen-bond acceptors (Lipinski definition) is 6. The predicted octanol–water partition coefficient (Wildman–Crippen LogP) is 4.64. The smallest absolute Gasteiger partial charge is 0.243 e. The molecular weight excluding hydrogens is 417 g/mol. The number of anilines is 2. The number of ether oxygens (including phenoxy) is 2. The molecule has 3 rings (SSSR count). The van der Waals surface area contributed by atoms with E-state index in [1.54, 1.807) is 26.4 Å². The van der Waals surface area contributed by atoms with Crippen molar-refractivity contribution in [2.24, 2.45) is 0 Å². The summed E-state index contributed by atoms with van der Waals surface area (Å²) >= 11 is 1.44. The zero-order valence-electron chi connectivity index (χ0n) is 17.8. The highest BCUT2D eigenvalue weighted by Crippen LogP contribution is 2.35. The van der Waals surface area contributed by atoms with Gasteiger partial charge in [-0.3, -0.25) is 4.79 Å². The molecule has 0 aliphatic heterocycles. The normalized spacial score (nSPS) is 11.7. The summed E-state index contributed by atoms with van der Waals surface area (Å²) in [6.45, 7) is 2.84. The molecule has 31 heavy (non-hydrogen) atoms. The first-order chi connectivity index (χ1) is 15.1. The van der Waals surface area contributed by atoms with Gasteiger partial charge in [0.1, 0.15) is 17.6 Å². The number of aromatic nitrogens is 1. The number of rotatable bonds is 10. The fourth-order valence-corrected chi connectivity index (χ4v) is 4.08. The molecule has 0 radical (unpaired) electrons. The van der Waals surface area contributed by atoms with E-state index in [-0.39, 0.29) is 11.7 Å². The molecule has 1 heterocycles. The lowest BCUT2D eigenvalue weighted by molar-refractivity contribution is -0.122. The molecule has 8 heteroatoms. The zero-order chi connectivity index (χ0) is 22.2. The first-order valence-electron chi connectivity index (χ1n) is 9.98. The summed E-state index contributed by atoms with van der Waals surface area (Å²) in [5.41, 5.74) is 2.37. The standard InChI is InChI=1S/C23H26FN3O3S/c1-4-21(22(28)25-13-14-29-2)27(18-9-11-19(30-3)12-10-18)23-26-20(15-31-23)16-5-7-17(24)8-6-16/h5-12,15,21H,4,13-14H2,1-3H3,(H,25,28)/t21-/m0/s1. The van der Waals surface area contributed by atoms with E-state index in [9.17, 15) is 9.18 Å². The lowest BCUT2D eigenvalue weighted by Crippen LogP contribution is -2.45. The largest absolute Gasteiger partial charge is 0.497 e. The fraction of sp³-hybridized carbons (Fsp3) is 0.304. The third-order valence-corrected chi connectivity index (χ3v) is 5.64. The SMILES string of the molecule is CC[C@@H](C(=O)NCCOC)N(c1ccc(OC)cc1)c1nc(-c2ccc(F)cc2)cs1. The minimum Gasteiger partial charge on any atom is -0.497 e. The number of halogens is 1. The van der Waals surface area contributed by atoms with Crippen LogP contribution >= 0.6 is 11.3 Å². The van der Waals surface area contributed by atoms with Crippen LogP contribution in [0.3, 0.4) is 0 Å². The number of hydrogen-bond donors (Lipinski definition) is 1. The number of methoxy groups -OCH3 is 2. The van der Waals surface area contributed by atoms with Crippen LogP contribution in [0.25, 0.3) is 11.3 Å². The number of nitrogens with zero attached hydrogens (tertiary/aromatic N) is 2. The summed E-state index contributed by atoms with van der Waals surface area (Å²) in [4.78, 5) is 19.7. The van der Waals surface area contributed by atoms with E-state index in [4.69, 9.17) is 14.5 Å². The van der Waals surface area contributed by atoms with Crippen molar-refractivity contribution in [3.05, 3.63) is 59.7 Å². The molecule has 1 aromatic heterocycles. The second-order valence-electron chi connectivity index (χ2n) is 6.80. The van der Waals surface area contributed by atoms with Gasteiger partial charge in [0.05, 0.1) is 19.4 Å². The van der Waals surface area contributed by atoms with Crippen molar-refractivity contribution < 1.29 is 18.7 Å². The van der Waals surface area contributed by atoms with E-state index in [1.807, 2.05) is 41.5 Å². The van der Waals surface area contributed by atoms with E-state index in [0.29, 0.717) is 24.7 Å². The Balaban J connectivity index is 1.96. The van der Waals surface area contributed by atoms with E-state index in [2.05, 4.69) is 5.32 Å². The molecule has 1 atom stereocenters. The summed E-state index contributed by atoms with van der Waals surface area (Å²) < 4.78 is 23.6. The second-order valence-corrected chi connectivity index (χ2v) is 7.63. The Hall–Kier alpha value is -2.97. The van der Waals surface area contributed by atoms with Crippen molar-refractivity contribution in [1.29, 1.82) is 0 Å². The van der Waals surface area contributed by atoms with E-state index in [1.165, 1.54) is 23.5 Å². The minimum atomic E-state index is -0.461. The molecule has 0 saturated heterocycles. The number of benzene rings is 2. The Morgan fingerprint density at radius 1 is 1.16 bits per heavy atom. The summed E-state index contributed by atoms with van der Waals surface area (Å²) in [5, 5.41) is 5.52. The maximum atomic E-state index is 13.3. The third-order valence-electron chi connectivity index (χ3n) is 4.80. The Bertz CT molecular complexity index is 976. The fourth-order valence-electron chi connectivity index (χ4n) is 3.17. The van der Waals surface area contributed by atoms with Crippen molar-refractivity contribution in [3.8, 4) is 17.0 Å². The van der Waals surface area contributed by atoms with Crippen LogP contribution in [-0.2, 0) is 9.53 Å². The zero-order valence-corrected chi connectivity index (χ0v) is 18.6. The molecule has 6 nitrogen and oxygen atoms in total. The van der Waals surface area contributed by atoms with Gasteiger partial charge in [0.2, 0.25) is 5.91 Å². The van der Waals surface area contributed by atoms with Crippen LogP contribution < -0.4 is 15.0 Å². The summed E-state index contributed by atoms with van der Waals surface area (Å²) in [6.07, 6.45) is 0.580. The number of amides is 1. The van der Waals surface area contributed by atoms with E-state index in [0.717, 1.165) is 22.7 Å². The van der Waals surface area contributed by atoms with Gasteiger partial charge in [-0.05, 0) is 55.0 Å². The molecule has 3 aromatic rings. The molecule has 0 saturated carbocycles. The Labute approximate surface area is 185 Å². The monoisotopic (exact) mass is 443 g/mol. The van der Waals surface area contributed by atoms with Crippen LogP contribution in [0.15, 0.2) is 53.9 Å². The first kappa shape index (κ1) is 22.7. The van der Waals surface area contributed by atoms with Gasteiger partial charge in [0.15, 0.2) is 5.13 Å². The van der Waals surface area contributed by atoms with Crippen LogP contribution in [-0.4, -0.2) is 44.3 Å². The molecular formula is C23H26FN3O3S. The number of carbonyl (C=O) groups is 1. The summed E-state index contributed by atoms with van der Waals surface area (Å²) in [5.74, 6) is 0.333. The molecule has 0 bridgehead atoms. The highest BCUT2D eigenvalue weighted by Gasteiger charge is 2.28. The van der Waals surface area contributed by atoms with Gasteiger partial charge >= 0.3 is 0 Å². The van der Waals surface area contributed by atoms with E-state index >= 15 is 0 Å². The predicted molar refractivity (Wildman–Crippen MR) is 122 cm³/mol. The topological polar surface area (TPSA) is 63.7 Å².